The van der Waals surface area contributed by atoms with E-state index in [1.807, 2.05) is 18.2 Å². The van der Waals surface area contributed by atoms with E-state index in [1.54, 1.807) is 0 Å². The second kappa shape index (κ2) is 6.78. The largest absolute Gasteiger partial charge is 0.492 e. The minimum atomic E-state index is 0.128. The number of aliphatic hydroxyl groups is 1. The van der Waals surface area contributed by atoms with Gasteiger partial charge in [-0.3, -0.25) is 0 Å². The van der Waals surface area contributed by atoms with Crippen molar-refractivity contribution >= 4 is 17.2 Å². The number of rotatable bonds is 5. The Bertz CT molecular complexity index is 429. The summed E-state index contributed by atoms with van der Waals surface area (Å²) in [6.45, 7) is 2.04. The molecule has 1 aromatic rings. The van der Waals surface area contributed by atoms with E-state index in [9.17, 15) is 0 Å². The van der Waals surface area contributed by atoms with Crippen molar-refractivity contribution in [1.82, 2.24) is 0 Å². The first-order chi connectivity index (χ1) is 8.81. The molecule has 0 radical (unpaired) electrons. The minimum absolute atomic E-state index is 0.128. The number of ether oxygens (including phenoxy) is 2. The van der Waals surface area contributed by atoms with Crippen LogP contribution in [0.4, 0.5) is 0 Å². The van der Waals surface area contributed by atoms with E-state index in [0.717, 1.165) is 18.6 Å². The number of hydrogen-bond acceptors (Lipinski definition) is 3. The molecule has 0 amide bonds. The Morgan fingerprint density at radius 3 is 2.94 bits per heavy atom. The second-order valence-electron chi connectivity index (χ2n) is 4.13. The number of halogens is 1. The van der Waals surface area contributed by atoms with Crippen LogP contribution in [0.3, 0.4) is 0 Å². The topological polar surface area (TPSA) is 38.7 Å². The Labute approximate surface area is 112 Å². The van der Waals surface area contributed by atoms with Gasteiger partial charge in [-0.15, -0.1) is 0 Å². The quantitative estimate of drug-likeness (QED) is 0.835. The second-order valence-corrected chi connectivity index (χ2v) is 4.53. The lowest BCUT2D eigenvalue weighted by Gasteiger charge is -2.15. The van der Waals surface area contributed by atoms with E-state index in [4.69, 9.17) is 26.2 Å². The van der Waals surface area contributed by atoms with E-state index in [1.165, 1.54) is 5.57 Å². The minimum Gasteiger partial charge on any atom is -0.492 e. The lowest BCUT2D eigenvalue weighted by atomic mass is 10.0. The zero-order valence-electron chi connectivity index (χ0n) is 10.2. The fraction of sp³-hybridized carbons (Fsp3) is 0.429. The average Bonchev–Trinajstić information content (AvgIpc) is 2.42. The Hall–Kier alpha value is -1.03. The molecule has 0 fully saturated rings. The smallest absolute Gasteiger partial charge is 0.137 e. The average molecular weight is 269 g/mol. The predicted molar refractivity (Wildman–Crippen MR) is 72.1 cm³/mol. The van der Waals surface area contributed by atoms with Crippen molar-refractivity contribution in [2.75, 3.05) is 26.4 Å². The first kappa shape index (κ1) is 13.4. The number of aliphatic hydroxyl groups excluding tert-OH is 1. The van der Waals surface area contributed by atoms with Crippen molar-refractivity contribution in [1.29, 1.82) is 0 Å². The van der Waals surface area contributed by atoms with Crippen LogP contribution in [-0.2, 0) is 4.74 Å². The predicted octanol–water partition coefficient (Wildman–Crippen LogP) is 2.90. The van der Waals surface area contributed by atoms with Crippen LogP contribution in [0.5, 0.6) is 5.75 Å². The molecule has 1 heterocycles. The Kier molecular flexibility index (Phi) is 5.05. The van der Waals surface area contributed by atoms with Crippen molar-refractivity contribution in [3.63, 3.8) is 0 Å². The van der Waals surface area contributed by atoms with Gasteiger partial charge in [0.05, 0.1) is 24.8 Å². The molecule has 0 atom stereocenters. The molecule has 0 spiro atoms. The molecule has 2 rings (SSSR count). The van der Waals surface area contributed by atoms with Crippen molar-refractivity contribution in [3.8, 4) is 5.75 Å². The van der Waals surface area contributed by atoms with E-state index in [2.05, 4.69) is 6.08 Å². The van der Waals surface area contributed by atoms with Gasteiger partial charge in [0.25, 0.3) is 0 Å². The molecule has 0 saturated heterocycles. The molecular formula is C14H17ClO3. The fourth-order valence-corrected chi connectivity index (χ4v) is 2.09. The van der Waals surface area contributed by atoms with Crippen LogP contribution in [0.2, 0.25) is 5.02 Å². The third kappa shape index (κ3) is 3.48. The van der Waals surface area contributed by atoms with Gasteiger partial charge in [0.15, 0.2) is 0 Å². The summed E-state index contributed by atoms with van der Waals surface area (Å²) in [5, 5.41) is 9.30. The third-order valence-electron chi connectivity index (χ3n) is 2.83. The monoisotopic (exact) mass is 268 g/mol. The zero-order valence-corrected chi connectivity index (χ0v) is 10.9. The highest BCUT2D eigenvalue weighted by molar-refractivity contribution is 6.32. The summed E-state index contributed by atoms with van der Waals surface area (Å²) in [5.41, 5.74) is 2.39. The van der Waals surface area contributed by atoms with Gasteiger partial charge in [-0.2, -0.15) is 0 Å². The lowest BCUT2D eigenvalue weighted by Crippen LogP contribution is -2.04. The molecule has 98 valence electrons. The maximum Gasteiger partial charge on any atom is 0.137 e. The van der Waals surface area contributed by atoms with Crippen LogP contribution < -0.4 is 4.74 Å². The SMILES string of the molecule is OCCCOc1ccc(C2=CCOCC2)cc1Cl. The highest BCUT2D eigenvalue weighted by atomic mass is 35.5. The van der Waals surface area contributed by atoms with E-state index in [0.29, 0.717) is 30.4 Å². The summed E-state index contributed by atoms with van der Waals surface area (Å²) < 4.78 is 10.8. The molecule has 0 aliphatic carbocycles. The maximum atomic E-state index is 8.70. The molecular weight excluding hydrogens is 252 g/mol. The Balaban J connectivity index is 2.06. The summed E-state index contributed by atoms with van der Waals surface area (Å²) >= 11 is 6.18. The van der Waals surface area contributed by atoms with Gasteiger partial charge >= 0.3 is 0 Å². The maximum absolute atomic E-state index is 8.70. The van der Waals surface area contributed by atoms with Gasteiger partial charge in [0, 0.05) is 13.0 Å². The summed E-state index contributed by atoms with van der Waals surface area (Å²) in [6.07, 6.45) is 3.61. The fourth-order valence-electron chi connectivity index (χ4n) is 1.85. The highest BCUT2D eigenvalue weighted by Gasteiger charge is 2.09. The lowest BCUT2D eigenvalue weighted by molar-refractivity contribution is 0.161. The highest BCUT2D eigenvalue weighted by Crippen LogP contribution is 2.30. The summed E-state index contributed by atoms with van der Waals surface area (Å²) in [7, 11) is 0. The van der Waals surface area contributed by atoms with Crippen LogP contribution in [-0.4, -0.2) is 31.5 Å². The summed E-state index contributed by atoms with van der Waals surface area (Å²) in [4.78, 5) is 0. The van der Waals surface area contributed by atoms with Gasteiger partial charge in [0.1, 0.15) is 5.75 Å². The van der Waals surface area contributed by atoms with Gasteiger partial charge in [-0.05, 0) is 29.7 Å². The summed E-state index contributed by atoms with van der Waals surface area (Å²) in [6, 6.07) is 5.82. The van der Waals surface area contributed by atoms with Crippen molar-refractivity contribution in [2.24, 2.45) is 0 Å². The van der Waals surface area contributed by atoms with E-state index in [-0.39, 0.29) is 6.61 Å². The first-order valence-corrected chi connectivity index (χ1v) is 6.49. The Morgan fingerprint density at radius 1 is 1.39 bits per heavy atom. The molecule has 0 bridgehead atoms. The van der Waals surface area contributed by atoms with Gasteiger partial charge < -0.3 is 14.6 Å². The molecule has 0 unspecified atom stereocenters. The van der Waals surface area contributed by atoms with Crippen LogP contribution in [0.25, 0.3) is 5.57 Å². The van der Waals surface area contributed by atoms with Crippen LogP contribution >= 0.6 is 11.6 Å². The van der Waals surface area contributed by atoms with Gasteiger partial charge in [0.2, 0.25) is 0 Å². The van der Waals surface area contributed by atoms with Crippen molar-refractivity contribution < 1.29 is 14.6 Å². The molecule has 3 nitrogen and oxygen atoms in total. The van der Waals surface area contributed by atoms with Crippen LogP contribution in [0.1, 0.15) is 18.4 Å². The first-order valence-electron chi connectivity index (χ1n) is 6.11. The molecule has 1 N–H and O–H groups in total. The summed E-state index contributed by atoms with van der Waals surface area (Å²) in [5.74, 6) is 0.668. The molecule has 18 heavy (non-hydrogen) atoms. The molecule has 4 heteroatoms. The Morgan fingerprint density at radius 2 is 2.28 bits per heavy atom. The molecule has 1 aliphatic heterocycles. The molecule has 0 aromatic heterocycles. The number of benzene rings is 1. The van der Waals surface area contributed by atoms with Gasteiger partial charge in [-0.1, -0.05) is 23.7 Å². The van der Waals surface area contributed by atoms with E-state index < -0.39 is 0 Å². The zero-order chi connectivity index (χ0) is 12.8. The van der Waals surface area contributed by atoms with Crippen molar-refractivity contribution in [3.05, 3.63) is 34.9 Å². The van der Waals surface area contributed by atoms with E-state index >= 15 is 0 Å². The normalized spacial score (nSPS) is 15.3. The standard InChI is InChI=1S/C14H17ClO3/c15-13-10-12(11-4-8-17-9-5-11)2-3-14(13)18-7-1-6-16/h2-4,10,16H,1,5-9H2. The van der Waals surface area contributed by atoms with Gasteiger partial charge in [-0.25, -0.2) is 0 Å². The molecule has 1 aromatic carbocycles. The molecule has 0 saturated carbocycles. The van der Waals surface area contributed by atoms with Crippen LogP contribution in [0, 0.1) is 0 Å². The van der Waals surface area contributed by atoms with Crippen molar-refractivity contribution in [2.45, 2.75) is 12.8 Å². The molecule has 1 aliphatic rings. The third-order valence-corrected chi connectivity index (χ3v) is 3.12. The number of hydrogen-bond donors (Lipinski definition) is 1. The van der Waals surface area contributed by atoms with Crippen LogP contribution in [0.15, 0.2) is 24.3 Å².